The summed E-state index contributed by atoms with van der Waals surface area (Å²) in [6, 6.07) is 4.68. The number of carbonyl (C=O) groups is 1. The van der Waals surface area contributed by atoms with E-state index in [0.29, 0.717) is 12.6 Å². The number of hydrogen-bond donors (Lipinski definition) is 2. The highest BCUT2D eigenvalue weighted by molar-refractivity contribution is 14.1. The molecule has 0 radical (unpaired) electrons. The zero-order valence-corrected chi connectivity index (χ0v) is 18.2. The predicted molar refractivity (Wildman–Crippen MR) is 112 cm³/mol. The second kappa shape index (κ2) is 8.60. The average Bonchev–Trinajstić information content (AvgIpc) is 2.86. The highest BCUT2D eigenvalue weighted by atomic mass is 127. The predicted octanol–water partition coefficient (Wildman–Crippen LogP) is 3.12. The number of halogens is 3. The van der Waals surface area contributed by atoms with Crippen LogP contribution in [-0.2, 0) is 4.79 Å². The Hall–Kier alpha value is 0.800. The summed E-state index contributed by atoms with van der Waals surface area (Å²) in [6.07, 6.45) is 2.45. The summed E-state index contributed by atoms with van der Waals surface area (Å²) in [6.45, 7) is 2.45. The van der Waals surface area contributed by atoms with Crippen molar-refractivity contribution in [3.63, 3.8) is 0 Å². The highest BCUT2D eigenvalue weighted by Gasteiger charge is 2.18. The normalized spacial score (nSPS) is 18.2. The van der Waals surface area contributed by atoms with Crippen molar-refractivity contribution in [2.24, 2.45) is 0 Å². The fourth-order valence-corrected chi connectivity index (χ4v) is 6.29. The summed E-state index contributed by atoms with van der Waals surface area (Å²) in [7, 11) is 2.00. The van der Waals surface area contributed by atoms with Crippen LogP contribution in [-0.4, -0.2) is 43.5 Å². The van der Waals surface area contributed by atoms with Gasteiger partial charge in [-0.1, -0.05) is 0 Å². The molecule has 0 spiro atoms. The molecule has 1 amide bonds. The van der Waals surface area contributed by atoms with Crippen molar-refractivity contribution in [1.82, 2.24) is 10.2 Å². The van der Waals surface area contributed by atoms with Crippen LogP contribution in [0.25, 0.3) is 0 Å². The molecule has 1 unspecified atom stereocenters. The first-order chi connectivity index (χ1) is 9.95. The van der Waals surface area contributed by atoms with Crippen molar-refractivity contribution < 1.29 is 4.79 Å². The molecule has 1 heterocycles. The lowest BCUT2D eigenvalue weighted by molar-refractivity contribution is -0.117. The summed E-state index contributed by atoms with van der Waals surface area (Å²) in [4.78, 5) is 14.3. The third-order valence-corrected chi connectivity index (χ3v) is 5.70. The zero-order valence-electron chi connectivity index (χ0n) is 11.8. The number of anilines is 1. The van der Waals surface area contributed by atoms with Crippen molar-refractivity contribution in [1.29, 1.82) is 0 Å². The Kier molecular flexibility index (Phi) is 7.43. The summed E-state index contributed by atoms with van der Waals surface area (Å²) < 4.78 is 3.35. The van der Waals surface area contributed by atoms with E-state index >= 15 is 0 Å². The molecular weight excluding hydrogens is 607 g/mol. The first-order valence-electron chi connectivity index (χ1n) is 6.82. The van der Waals surface area contributed by atoms with Crippen molar-refractivity contribution in [2.45, 2.75) is 18.9 Å². The monoisotopic (exact) mass is 625 g/mol. The molecule has 2 N–H and O–H groups in total. The van der Waals surface area contributed by atoms with E-state index in [1.807, 2.05) is 7.05 Å². The van der Waals surface area contributed by atoms with E-state index in [-0.39, 0.29) is 5.91 Å². The maximum absolute atomic E-state index is 12.2. The van der Waals surface area contributed by atoms with Crippen LogP contribution in [0.5, 0.6) is 0 Å². The molecule has 1 aliphatic heterocycles. The second-order valence-corrected chi connectivity index (χ2v) is 8.85. The Morgan fingerprint density at radius 1 is 1.38 bits per heavy atom. The van der Waals surface area contributed by atoms with Crippen molar-refractivity contribution in [3.05, 3.63) is 22.8 Å². The number of rotatable bonds is 5. The van der Waals surface area contributed by atoms with E-state index in [4.69, 9.17) is 0 Å². The van der Waals surface area contributed by atoms with E-state index in [1.54, 1.807) is 0 Å². The van der Waals surface area contributed by atoms with Crippen LogP contribution < -0.4 is 10.6 Å². The van der Waals surface area contributed by atoms with Gasteiger partial charge in [0.1, 0.15) is 0 Å². The molecule has 7 heteroatoms. The van der Waals surface area contributed by atoms with Gasteiger partial charge in [-0.3, -0.25) is 9.69 Å². The third-order valence-electron chi connectivity index (χ3n) is 3.38. The molecule has 1 aromatic carbocycles. The van der Waals surface area contributed by atoms with Crippen LogP contribution >= 0.6 is 67.8 Å². The Labute approximate surface area is 166 Å². The van der Waals surface area contributed by atoms with Crippen LogP contribution in [0, 0.1) is 10.7 Å². The van der Waals surface area contributed by atoms with E-state index in [0.717, 1.165) is 25.9 Å². The standard InChI is InChI=1S/C14H18I3N3O/c1-20(7-10-3-2-4-18-10)8-13(21)19-14-11(16)5-9(15)6-12(14)17/h5-6,10,18H,2-4,7-8H2,1H3,(H,19,21). The van der Waals surface area contributed by atoms with Gasteiger partial charge in [0.05, 0.1) is 12.2 Å². The molecule has 0 bridgehead atoms. The third kappa shape index (κ3) is 5.74. The second-order valence-electron chi connectivity index (χ2n) is 5.28. The number of likely N-dealkylation sites (N-methyl/N-ethyl adjacent to an activating group) is 1. The van der Waals surface area contributed by atoms with Gasteiger partial charge in [0.15, 0.2) is 0 Å². The molecule has 2 rings (SSSR count). The van der Waals surface area contributed by atoms with E-state index in [1.165, 1.54) is 16.4 Å². The van der Waals surface area contributed by atoms with E-state index in [2.05, 4.69) is 95.4 Å². The molecule has 116 valence electrons. The number of nitrogens with one attached hydrogen (secondary N) is 2. The Bertz CT molecular complexity index is 495. The van der Waals surface area contributed by atoms with E-state index < -0.39 is 0 Å². The van der Waals surface area contributed by atoms with Gasteiger partial charge in [-0.25, -0.2) is 0 Å². The van der Waals surface area contributed by atoms with Gasteiger partial charge in [0, 0.05) is 23.3 Å². The first-order valence-corrected chi connectivity index (χ1v) is 10.1. The number of carbonyl (C=O) groups excluding carboxylic acids is 1. The topological polar surface area (TPSA) is 44.4 Å². The molecule has 0 aromatic heterocycles. The minimum absolute atomic E-state index is 0.0486. The van der Waals surface area contributed by atoms with Gasteiger partial charge < -0.3 is 10.6 Å². The molecule has 1 aliphatic rings. The number of amides is 1. The summed E-state index contributed by atoms with van der Waals surface area (Å²) >= 11 is 6.83. The van der Waals surface area contributed by atoms with Gasteiger partial charge >= 0.3 is 0 Å². The molecule has 21 heavy (non-hydrogen) atoms. The lowest BCUT2D eigenvalue weighted by Gasteiger charge is -2.21. The maximum Gasteiger partial charge on any atom is 0.238 e. The van der Waals surface area contributed by atoms with Crippen LogP contribution in [0.1, 0.15) is 12.8 Å². The van der Waals surface area contributed by atoms with Gasteiger partial charge in [-0.05, 0) is 106 Å². The van der Waals surface area contributed by atoms with Crippen LogP contribution in [0.4, 0.5) is 5.69 Å². The van der Waals surface area contributed by atoms with Crippen molar-refractivity contribution >= 4 is 79.4 Å². The summed E-state index contributed by atoms with van der Waals surface area (Å²) in [5, 5.41) is 6.50. The van der Waals surface area contributed by atoms with E-state index in [9.17, 15) is 4.79 Å². The van der Waals surface area contributed by atoms with Gasteiger partial charge in [0.25, 0.3) is 0 Å². The number of benzene rings is 1. The first kappa shape index (κ1) is 18.1. The Morgan fingerprint density at radius 2 is 2.05 bits per heavy atom. The lowest BCUT2D eigenvalue weighted by Crippen LogP contribution is -2.39. The molecule has 1 aromatic rings. The van der Waals surface area contributed by atoms with Crippen LogP contribution in [0.3, 0.4) is 0 Å². The largest absolute Gasteiger partial charge is 0.323 e. The molecule has 1 atom stereocenters. The number of hydrogen-bond acceptors (Lipinski definition) is 3. The van der Waals surface area contributed by atoms with Gasteiger partial charge in [-0.15, -0.1) is 0 Å². The summed E-state index contributed by atoms with van der Waals surface area (Å²) in [5.41, 5.74) is 0.925. The lowest BCUT2D eigenvalue weighted by atomic mass is 10.2. The Balaban J connectivity index is 1.89. The van der Waals surface area contributed by atoms with Crippen molar-refractivity contribution in [3.8, 4) is 0 Å². The highest BCUT2D eigenvalue weighted by Crippen LogP contribution is 2.27. The quantitative estimate of drug-likeness (QED) is 0.495. The van der Waals surface area contributed by atoms with Crippen LogP contribution in [0.15, 0.2) is 12.1 Å². The molecule has 1 fully saturated rings. The van der Waals surface area contributed by atoms with Gasteiger partial charge in [-0.2, -0.15) is 0 Å². The maximum atomic E-state index is 12.2. The average molecular weight is 625 g/mol. The smallest absolute Gasteiger partial charge is 0.238 e. The van der Waals surface area contributed by atoms with Crippen LogP contribution in [0.2, 0.25) is 0 Å². The van der Waals surface area contributed by atoms with Gasteiger partial charge in [0.2, 0.25) is 5.91 Å². The molecule has 0 aliphatic carbocycles. The molecule has 0 saturated carbocycles. The molecule has 4 nitrogen and oxygen atoms in total. The molecule has 1 saturated heterocycles. The zero-order chi connectivity index (χ0) is 15.4. The minimum atomic E-state index is 0.0486. The minimum Gasteiger partial charge on any atom is -0.323 e. The fraction of sp³-hybridized carbons (Fsp3) is 0.500. The SMILES string of the molecule is CN(CC(=O)Nc1c(I)cc(I)cc1I)CC1CCCN1. The number of nitrogens with zero attached hydrogens (tertiary/aromatic N) is 1. The molecular formula is C14H18I3N3O. The summed E-state index contributed by atoms with van der Waals surface area (Å²) in [5.74, 6) is 0.0486. The van der Waals surface area contributed by atoms with Crippen molar-refractivity contribution in [2.75, 3.05) is 32.0 Å². The Morgan fingerprint density at radius 3 is 2.62 bits per heavy atom. The fourth-order valence-electron chi connectivity index (χ4n) is 2.44.